The summed E-state index contributed by atoms with van der Waals surface area (Å²) in [6.07, 6.45) is 0. The van der Waals surface area contributed by atoms with Crippen molar-refractivity contribution in [3.63, 3.8) is 0 Å². The van der Waals surface area contributed by atoms with Crippen LogP contribution in [-0.2, 0) is 17.9 Å². The van der Waals surface area contributed by atoms with Crippen molar-refractivity contribution in [2.75, 3.05) is 30.9 Å². The summed E-state index contributed by atoms with van der Waals surface area (Å²) in [5, 5.41) is 3.92. The number of benzene rings is 2. The molecule has 4 rings (SSSR count). The van der Waals surface area contributed by atoms with Gasteiger partial charge in [0.2, 0.25) is 0 Å². The lowest BCUT2D eigenvalue weighted by atomic mass is 10.1. The molecule has 38 heavy (non-hydrogen) atoms. The first kappa shape index (κ1) is 26.4. The molecular weight excluding hydrogens is 490 g/mol. The standard InChI is InChI=1S/C27H29N5O6/c1-17-22(18(2)38-30-17)16-37-21-11-7-10-20(14-21)26(34)31(12-13-36-3)23-24(28)32(27(35)29-25(23)33)15-19-8-5-4-6-9-19/h4-11,14H,12-13,15-16,28H2,1-3H3,(H,29,33,35). The molecule has 1 amide bonds. The number of H-pyrrole nitrogens is 1. The number of carbonyl (C=O) groups is 1. The summed E-state index contributed by atoms with van der Waals surface area (Å²) in [6, 6.07) is 15.8. The maximum atomic E-state index is 13.7. The summed E-state index contributed by atoms with van der Waals surface area (Å²) in [6.45, 7) is 4.10. The highest BCUT2D eigenvalue weighted by atomic mass is 16.5. The summed E-state index contributed by atoms with van der Waals surface area (Å²) in [5.74, 6) is 0.462. The molecule has 0 saturated carbocycles. The number of ether oxygens (including phenoxy) is 2. The Balaban J connectivity index is 1.67. The first-order valence-corrected chi connectivity index (χ1v) is 11.9. The lowest BCUT2D eigenvalue weighted by Gasteiger charge is -2.24. The fourth-order valence-corrected chi connectivity index (χ4v) is 4.00. The van der Waals surface area contributed by atoms with Gasteiger partial charge in [-0.25, -0.2) is 4.79 Å². The highest BCUT2D eigenvalue weighted by Crippen LogP contribution is 2.23. The molecule has 198 valence electrons. The van der Waals surface area contributed by atoms with E-state index < -0.39 is 17.2 Å². The summed E-state index contributed by atoms with van der Waals surface area (Å²) >= 11 is 0. The van der Waals surface area contributed by atoms with E-state index in [1.807, 2.05) is 37.3 Å². The van der Waals surface area contributed by atoms with Crippen molar-refractivity contribution >= 4 is 17.4 Å². The van der Waals surface area contributed by atoms with E-state index in [1.54, 1.807) is 31.2 Å². The van der Waals surface area contributed by atoms with Crippen LogP contribution < -0.4 is 26.6 Å². The summed E-state index contributed by atoms with van der Waals surface area (Å²) < 4.78 is 17.5. The molecule has 0 atom stereocenters. The number of aryl methyl sites for hydroxylation is 2. The molecule has 4 aromatic rings. The number of nitrogens with two attached hydrogens (primary N) is 1. The van der Waals surface area contributed by atoms with Gasteiger partial charge >= 0.3 is 5.69 Å². The number of rotatable bonds is 10. The SMILES string of the molecule is COCCN(C(=O)c1cccc(OCc2c(C)noc2C)c1)c1c(N)n(Cc2ccccc2)c(=O)[nH]c1=O. The maximum absolute atomic E-state index is 13.7. The van der Waals surface area contributed by atoms with Crippen LogP contribution in [0.1, 0.15) is 32.9 Å². The Labute approximate surface area is 218 Å². The van der Waals surface area contributed by atoms with Crippen LogP contribution in [0.2, 0.25) is 0 Å². The molecule has 0 saturated heterocycles. The number of carbonyl (C=O) groups excluding carboxylic acids is 1. The number of nitrogens with one attached hydrogen (secondary N) is 1. The number of amides is 1. The predicted molar refractivity (Wildman–Crippen MR) is 142 cm³/mol. The third kappa shape index (κ3) is 5.68. The third-order valence-electron chi connectivity index (χ3n) is 6.08. The normalized spacial score (nSPS) is 10.9. The van der Waals surface area contributed by atoms with Gasteiger partial charge in [0, 0.05) is 19.2 Å². The van der Waals surface area contributed by atoms with Crippen molar-refractivity contribution in [1.29, 1.82) is 0 Å². The van der Waals surface area contributed by atoms with Gasteiger partial charge < -0.3 is 19.7 Å². The first-order valence-electron chi connectivity index (χ1n) is 11.9. The Bertz CT molecular complexity index is 1520. The lowest BCUT2D eigenvalue weighted by Crippen LogP contribution is -2.42. The molecule has 3 N–H and O–H groups in total. The molecule has 0 bridgehead atoms. The zero-order valence-electron chi connectivity index (χ0n) is 21.4. The van der Waals surface area contributed by atoms with Gasteiger partial charge in [-0.15, -0.1) is 0 Å². The summed E-state index contributed by atoms with van der Waals surface area (Å²) in [5.41, 5.74) is 7.38. The van der Waals surface area contributed by atoms with E-state index in [-0.39, 0.29) is 43.4 Å². The Kier molecular flexibility index (Phi) is 8.07. The van der Waals surface area contributed by atoms with Crippen LogP contribution in [0.15, 0.2) is 68.7 Å². The molecule has 2 aromatic carbocycles. The molecule has 0 aliphatic carbocycles. The number of anilines is 2. The van der Waals surface area contributed by atoms with Crippen molar-refractivity contribution in [3.8, 4) is 5.75 Å². The summed E-state index contributed by atoms with van der Waals surface area (Å²) in [7, 11) is 1.48. The highest BCUT2D eigenvalue weighted by Gasteiger charge is 2.25. The molecule has 0 radical (unpaired) electrons. The van der Waals surface area contributed by atoms with Crippen LogP contribution in [0.3, 0.4) is 0 Å². The average Bonchev–Trinajstić information content (AvgIpc) is 3.24. The predicted octanol–water partition coefficient (Wildman–Crippen LogP) is 2.64. The van der Waals surface area contributed by atoms with Crippen LogP contribution in [0.25, 0.3) is 0 Å². The largest absolute Gasteiger partial charge is 0.489 e. The number of hydrogen-bond donors (Lipinski definition) is 2. The molecule has 11 heteroatoms. The second-order valence-electron chi connectivity index (χ2n) is 8.63. The molecular formula is C27H29N5O6. The Hall–Kier alpha value is -4.64. The topological polar surface area (TPSA) is 146 Å². The number of aromatic amines is 1. The van der Waals surface area contributed by atoms with Crippen LogP contribution >= 0.6 is 0 Å². The molecule has 11 nitrogen and oxygen atoms in total. The average molecular weight is 520 g/mol. The van der Waals surface area contributed by atoms with Crippen molar-refractivity contribution in [3.05, 3.63) is 104 Å². The minimum atomic E-state index is -0.771. The quantitative estimate of drug-likeness (QED) is 0.325. The molecule has 0 fully saturated rings. The second-order valence-corrected chi connectivity index (χ2v) is 8.63. The van der Waals surface area contributed by atoms with Gasteiger partial charge in [0.1, 0.15) is 23.9 Å². The number of hydrogen-bond acceptors (Lipinski definition) is 8. The Morgan fingerprint density at radius 1 is 1.13 bits per heavy atom. The van der Waals surface area contributed by atoms with Gasteiger partial charge in [-0.05, 0) is 37.6 Å². The maximum Gasteiger partial charge on any atom is 0.330 e. The molecule has 2 aromatic heterocycles. The Morgan fingerprint density at radius 2 is 1.89 bits per heavy atom. The van der Waals surface area contributed by atoms with E-state index in [0.29, 0.717) is 11.5 Å². The lowest BCUT2D eigenvalue weighted by molar-refractivity contribution is 0.0975. The molecule has 2 heterocycles. The van der Waals surface area contributed by atoms with Crippen LogP contribution in [0.4, 0.5) is 11.5 Å². The van der Waals surface area contributed by atoms with Gasteiger partial charge in [-0.1, -0.05) is 41.6 Å². The monoisotopic (exact) mass is 519 g/mol. The smallest absolute Gasteiger partial charge is 0.330 e. The molecule has 0 unspecified atom stereocenters. The fourth-order valence-electron chi connectivity index (χ4n) is 4.00. The third-order valence-corrected chi connectivity index (χ3v) is 6.08. The number of nitrogens with zero attached hydrogens (tertiary/aromatic N) is 3. The van der Waals surface area contributed by atoms with Gasteiger partial charge in [0.05, 0.1) is 24.4 Å². The van der Waals surface area contributed by atoms with Crippen LogP contribution in [-0.4, -0.2) is 40.9 Å². The van der Waals surface area contributed by atoms with Gasteiger partial charge in [0.25, 0.3) is 11.5 Å². The number of methoxy groups -OCH3 is 1. The molecule has 0 spiro atoms. The highest BCUT2D eigenvalue weighted by molar-refractivity contribution is 6.07. The molecule has 0 aliphatic heterocycles. The van der Waals surface area contributed by atoms with Crippen molar-refractivity contribution in [2.45, 2.75) is 27.0 Å². The van der Waals surface area contributed by atoms with Crippen molar-refractivity contribution in [1.82, 2.24) is 14.7 Å². The minimum Gasteiger partial charge on any atom is -0.489 e. The van der Waals surface area contributed by atoms with Crippen LogP contribution in [0, 0.1) is 13.8 Å². The number of aromatic nitrogens is 3. The van der Waals surface area contributed by atoms with Crippen molar-refractivity contribution in [2.24, 2.45) is 0 Å². The molecule has 0 aliphatic rings. The fraction of sp³-hybridized carbons (Fsp3) is 0.259. The zero-order valence-corrected chi connectivity index (χ0v) is 21.4. The van der Waals surface area contributed by atoms with Gasteiger partial charge in [-0.2, -0.15) is 0 Å². The van der Waals surface area contributed by atoms with E-state index in [4.69, 9.17) is 19.7 Å². The van der Waals surface area contributed by atoms with Gasteiger partial charge in [0.15, 0.2) is 5.69 Å². The minimum absolute atomic E-state index is 0.0241. The van der Waals surface area contributed by atoms with E-state index >= 15 is 0 Å². The second kappa shape index (κ2) is 11.6. The zero-order chi connectivity index (χ0) is 27.2. The summed E-state index contributed by atoms with van der Waals surface area (Å²) in [4.78, 5) is 42.8. The Morgan fingerprint density at radius 3 is 2.58 bits per heavy atom. The van der Waals surface area contributed by atoms with E-state index in [9.17, 15) is 14.4 Å². The van der Waals surface area contributed by atoms with E-state index in [1.165, 1.54) is 16.6 Å². The van der Waals surface area contributed by atoms with Crippen LogP contribution in [0.5, 0.6) is 5.75 Å². The van der Waals surface area contributed by atoms with E-state index in [2.05, 4.69) is 10.1 Å². The van der Waals surface area contributed by atoms with Crippen molar-refractivity contribution < 1.29 is 18.8 Å². The number of nitrogen functional groups attached to an aromatic ring is 1. The van der Waals surface area contributed by atoms with Gasteiger partial charge in [-0.3, -0.25) is 24.0 Å². The first-order chi connectivity index (χ1) is 18.3. The van der Waals surface area contributed by atoms with E-state index in [0.717, 1.165) is 16.8 Å².